The van der Waals surface area contributed by atoms with E-state index in [0.717, 1.165) is 31.5 Å². The molecule has 1 aromatic heterocycles. The van der Waals surface area contributed by atoms with Gasteiger partial charge in [-0.05, 0) is 32.0 Å². The second-order valence-electron chi connectivity index (χ2n) is 8.40. The molecule has 0 saturated carbocycles. The van der Waals surface area contributed by atoms with E-state index in [1.807, 2.05) is 59.5 Å². The van der Waals surface area contributed by atoms with Crippen molar-refractivity contribution in [2.24, 2.45) is 0 Å². The Hall–Kier alpha value is -3.03. The molecule has 3 heterocycles. The maximum atomic E-state index is 13.5. The lowest BCUT2D eigenvalue weighted by Crippen LogP contribution is -2.57. The second kappa shape index (κ2) is 8.24. The third kappa shape index (κ3) is 3.98. The fourth-order valence-corrected chi connectivity index (χ4v) is 4.41. The quantitative estimate of drug-likeness (QED) is 0.650. The number of hydrogen-bond acceptors (Lipinski definition) is 6. The number of amides is 1. The Labute approximate surface area is 181 Å². The van der Waals surface area contributed by atoms with Crippen LogP contribution in [0.3, 0.4) is 0 Å². The number of morpholine rings is 1. The zero-order chi connectivity index (χ0) is 21.3. The van der Waals surface area contributed by atoms with Gasteiger partial charge >= 0.3 is 0 Å². The standard InChI is InChI=1S/C24H26N4O3/c1-27-13-11-24(12-14-27)17-28(15-16-30-24)23(29)20-10-6-5-9-19(20)22-25-21(26-31-22)18-7-3-2-4-8-18/h2-10H,11-17H2,1H3. The van der Waals surface area contributed by atoms with E-state index in [-0.39, 0.29) is 11.5 Å². The van der Waals surface area contributed by atoms with E-state index in [9.17, 15) is 4.79 Å². The van der Waals surface area contributed by atoms with Crippen LogP contribution in [-0.2, 0) is 4.74 Å². The van der Waals surface area contributed by atoms with Crippen LogP contribution in [0.25, 0.3) is 22.8 Å². The summed E-state index contributed by atoms with van der Waals surface area (Å²) in [7, 11) is 2.13. The number of benzene rings is 2. The van der Waals surface area contributed by atoms with Crippen LogP contribution in [0.2, 0.25) is 0 Å². The summed E-state index contributed by atoms with van der Waals surface area (Å²) in [6.45, 7) is 3.75. The monoisotopic (exact) mass is 418 g/mol. The number of nitrogens with zero attached hydrogens (tertiary/aromatic N) is 4. The van der Waals surface area contributed by atoms with E-state index in [4.69, 9.17) is 9.26 Å². The van der Waals surface area contributed by atoms with E-state index >= 15 is 0 Å². The highest BCUT2D eigenvalue weighted by atomic mass is 16.5. The predicted molar refractivity (Wildman–Crippen MR) is 116 cm³/mol. The molecule has 2 aromatic carbocycles. The molecule has 0 aliphatic carbocycles. The van der Waals surface area contributed by atoms with Gasteiger partial charge in [0.2, 0.25) is 5.82 Å². The minimum absolute atomic E-state index is 0.0170. The summed E-state index contributed by atoms with van der Waals surface area (Å²) in [5.41, 5.74) is 1.88. The fourth-order valence-electron chi connectivity index (χ4n) is 4.41. The molecule has 0 unspecified atom stereocenters. The third-order valence-electron chi connectivity index (χ3n) is 6.28. The Morgan fingerprint density at radius 2 is 1.74 bits per heavy atom. The summed E-state index contributed by atoms with van der Waals surface area (Å²) in [6, 6.07) is 17.1. The van der Waals surface area contributed by atoms with Crippen LogP contribution < -0.4 is 0 Å². The summed E-state index contributed by atoms with van der Waals surface area (Å²) < 4.78 is 11.7. The molecule has 0 N–H and O–H groups in total. The van der Waals surface area contributed by atoms with Gasteiger partial charge in [0.15, 0.2) is 0 Å². The molecule has 0 atom stereocenters. The highest BCUT2D eigenvalue weighted by molar-refractivity contribution is 6.00. The van der Waals surface area contributed by atoms with Gasteiger partial charge in [-0.2, -0.15) is 4.98 Å². The molecular weight excluding hydrogens is 392 g/mol. The van der Waals surface area contributed by atoms with Crippen molar-refractivity contribution in [2.45, 2.75) is 18.4 Å². The zero-order valence-electron chi connectivity index (χ0n) is 17.7. The zero-order valence-corrected chi connectivity index (χ0v) is 17.7. The molecule has 2 saturated heterocycles. The summed E-state index contributed by atoms with van der Waals surface area (Å²) in [5.74, 6) is 0.844. The topological polar surface area (TPSA) is 71.7 Å². The Kier molecular flexibility index (Phi) is 5.29. The van der Waals surface area contributed by atoms with Crippen molar-refractivity contribution in [1.82, 2.24) is 19.9 Å². The smallest absolute Gasteiger partial charge is 0.259 e. The SMILES string of the molecule is CN1CCC2(CC1)CN(C(=O)c1ccccc1-c1nc(-c3ccccc3)no1)CCO2. The number of piperidine rings is 1. The summed E-state index contributed by atoms with van der Waals surface area (Å²) >= 11 is 0. The first kappa shape index (κ1) is 19.9. The van der Waals surface area contributed by atoms with Crippen LogP contribution in [0.4, 0.5) is 0 Å². The molecule has 2 fully saturated rings. The van der Waals surface area contributed by atoms with Crippen molar-refractivity contribution in [3.05, 3.63) is 60.2 Å². The van der Waals surface area contributed by atoms with E-state index in [1.165, 1.54) is 0 Å². The maximum absolute atomic E-state index is 13.5. The Balaban J connectivity index is 1.40. The first-order chi connectivity index (χ1) is 15.1. The van der Waals surface area contributed by atoms with Gasteiger partial charge < -0.3 is 19.1 Å². The molecule has 2 aliphatic heterocycles. The van der Waals surface area contributed by atoms with Gasteiger partial charge in [0, 0.05) is 25.2 Å². The van der Waals surface area contributed by atoms with Crippen molar-refractivity contribution in [2.75, 3.05) is 39.8 Å². The normalized spacial score (nSPS) is 18.9. The average molecular weight is 418 g/mol. The Morgan fingerprint density at radius 3 is 2.55 bits per heavy atom. The number of hydrogen-bond donors (Lipinski definition) is 0. The van der Waals surface area contributed by atoms with Crippen LogP contribution in [0.15, 0.2) is 59.1 Å². The van der Waals surface area contributed by atoms with Gasteiger partial charge in [-0.15, -0.1) is 0 Å². The van der Waals surface area contributed by atoms with Gasteiger partial charge in [-0.1, -0.05) is 47.6 Å². The van der Waals surface area contributed by atoms with Crippen molar-refractivity contribution in [1.29, 1.82) is 0 Å². The van der Waals surface area contributed by atoms with E-state index in [2.05, 4.69) is 22.1 Å². The fraction of sp³-hybridized carbons (Fsp3) is 0.375. The number of rotatable bonds is 3. The summed E-state index contributed by atoms with van der Waals surface area (Å²) in [4.78, 5) is 22.3. The van der Waals surface area contributed by atoms with E-state index in [1.54, 1.807) is 0 Å². The maximum Gasteiger partial charge on any atom is 0.259 e. The van der Waals surface area contributed by atoms with Crippen molar-refractivity contribution in [3.63, 3.8) is 0 Å². The lowest BCUT2D eigenvalue weighted by atomic mass is 9.89. The van der Waals surface area contributed by atoms with Crippen molar-refractivity contribution < 1.29 is 14.1 Å². The summed E-state index contributed by atoms with van der Waals surface area (Å²) in [5, 5.41) is 4.12. The van der Waals surface area contributed by atoms with E-state index < -0.39 is 0 Å². The van der Waals surface area contributed by atoms with Crippen LogP contribution in [-0.4, -0.2) is 71.3 Å². The Bertz CT molecular complexity index is 1060. The van der Waals surface area contributed by atoms with Gasteiger partial charge in [0.25, 0.3) is 11.8 Å². The molecule has 7 nitrogen and oxygen atoms in total. The highest BCUT2D eigenvalue weighted by Gasteiger charge is 2.40. The number of carbonyl (C=O) groups excluding carboxylic acids is 1. The number of likely N-dealkylation sites (tertiary alicyclic amines) is 1. The summed E-state index contributed by atoms with van der Waals surface area (Å²) in [6.07, 6.45) is 1.89. The third-order valence-corrected chi connectivity index (χ3v) is 6.28. The van der Waals surface area contributed by atoms with Gasteiger partial charge in [-0.25, -0.2) is 0 Å². The minimum atomic E-state index is -0.236. The van der Waals surface area contributed by atoms with Crippen LogP contribution in [0.1, 0.15) is 23.2 Å². The molecule has 0 bridgehead atoms. The average Bonchev–Trinajstić information content (AvgIpc) is 3.32. The van der Waals surface area contributed by atoms with Crippen LogP contribution in [0.5, 0.6) is 0 Å². The molecule has 5 rings (SSSR count). The van der Waals surface area contributed by atoms with Gasteiger partial charge in [0.05, 0.1) is 29.9 Å². The Morgan fingerprint density at radius 1 is 1.00 bits per heavy atom. The number of ether oxygens (including phenoxy) is 1. The highest BCUT2D eigenvalue weighted by Crippen LogP contribution is 2.32. The minimum Gasteiger partial charge on any atom is -0.371 e. The van der Waals surface area contributed by atoms with Crippen molar-refractivity contribution in [3.8, 4) is 22.8 Å². The van der Waals surface area contributed by atoms with Gasteiger partial charge in [0.1, 0.15) is 0 Å². The van der Waals surface area contributed by atoms with Crippen LogP contribution >= 0.6 is 0 Å². The predicted octanol–water partition coefficient (Wildman–Crippen LogP) is 3.34. The molecule has 2 aliphatic rings. The molecule has 160 valence electrons. The lowest BCUT2D eigenvalue weighted by molar-refractivity contribution is -0.125. The molecule has 31 heavy (non-hydrogen) atoms. The largest absolute Gasteiger partial charge is 0.371 e. The first-order valence-electron chi connectivity index (χ1n) is 10.7. The molecular formula is C24H26N4O3. The van der Waals surface area contributed by atoms with Gasteiger partial charge in [-0.3, -0.25) is 4.79 Å². The van der Waals surface area contributed by atoms with Crippen LogP contribution in [0, 0.1) is 0 Å². The molecule has 1 spiro atoms. The lowest BCUT2D eigenvalue weighted by Gasteiger charge is -2.46. The number of aromatic nitrogens is 2. The molecule has 7 heteroatoms. The van der Waals surface area contributed by atoms with Crippen molar-refractivity contribution >= 4 is 5.91 Å². The molecule has 3 aromatic rings. The second-order valence-corrected chi connectivity index (χ2v) is 8.40. The molecule has 0 radical (unpaired) electrons. The molecule has 1 amide bonds. The van der Waals surface area contributed by atoms with E-state index in [0.29, 0.717) is 42.5 Å². The number of carbonyl (C=O) groups is 1. The first-order valence-corrected chi connectivity index (χ1v) is 10.7.